The second-order valence-corrected chi connectivity index (χ2v) is 7.45. The van der Waals surface area contributed by atoms with E-state index in [1.165, 1.54) is 14.0 Å². The van der Waals surface area contributed by atoms with Crippen molar-refractivity contribution in [3.8, 4) is 11.8 Å². The van der Waals surface area contributed by atoms with Crippen LogP contribution < -0.4 is 4.74 Å². The van der Waals surface area contributed by atoms with Crippen LogP contribution >= 0.6 is 0 Å². The minimum Gasteiger partial charge on any atom is -0.432 e. The predicted octanol–water partition coefficient (Wildman–Crippen LogP) is 2.74. The third-order valence-electron chi connectivity index (χ3n) is 4.03. The number of ether oxygens (including phenoxy) is 1. The number of nitrogens with zero attached hydrogens (tertiary/aromatic N) is 2. The van der Waals surface area contributed by atoms with Crippen LogP contribution in [-0.2, 0) is 10.0 Å². The molecule has 0 unspecified atom stereocenters. The van der Waals surface area contributed by atoms with Crippen LogP contribution in [0.2, 0.25) is 0 Å². The van der Waals surface area contributed by atoms with E-state index in [0.717, 1.165) is 29.3 Å². The molecule has 0 saturated heterocycles. The van der Waals surface area contributed by atoms with Gasteiger partial charge < -0.3 is 4.74 Å². The molecule has 1 aromatic rings. The maximum atomic E-state index is 13.7. The third-order valence-corrected chi connectivity index (χ3v) is 5.98. The molecule has 0 aliphatic heterocycles. The number of benzene rings is 1. The lowest BCUT2D eigenvalue weighted by Crippen LogP contribution is -2.47. The van der Waals surface area contributed by atoms with Gasteiger partial charge in [-0.15, -0.1) is 0 Å². The maximum Gasteiger partial charge on any atom is 0.387 e. The molecule has 126 valence electrons. The minimum absolute atomic E-state index is 0.0847. The van der Waals surface area contributed by atoms with E-state index >= 15 is 0 Å². The Balaban J connectivity index is 2.36. The summed E-state index contributed by atoms with van der Waals surface area (Å²) in [4.78, 5) is -0.429. The van der Waals surface area contributed by atoms with Crippen molar-refractivity contribution in [1.82, 2.24) is 4.31 Å². The lowest BCUT2D eigenvalue weighted by molar-refractivity contribution is -0.0522. The van der Waals surface area contributed by atoms with Crippen molar-refractivity contribution < 1.29 is 26.3 Å². The number of rotatable bonds is 6. The van der Waals surface area contributed by atoms with Gasteiger partial charge in [-0.3, -0.25) is 0 Å². The molecule has 0 aromatic heterocycles. The predicted molar refractivity (Wildman–Crippen MR) is 74.7 cm³/mol. The summed E-state index contributed by atoms with van der Waals surface area (Å²) in [6.07, 6.45) is 1.47. The van der Waals surface area contributed by atoms with E-state index in [1.54, 1.807) is 0 Å². The molecule has 0 spiro atoms. The average molecular weight is 348 g/mol. The first-order chi connectivity index (χ1) is 10.6. The molecule has 23 heavy (non-hydrogen) atoms. The molecule has 0 bridgehead atoms. The summed E-state index contributed by atoms with van der Waals surface area (Å²) < 4.78 is 68.0. The normalized spacial score (nSPS) is 17.8. The first kappa shape index (κ1) is 17.6. The zero-order chi connectivity index (χ0) is 17.4. The molecular weight excluding hydrogens is 333 g/mol. The quantitative estimate of drug-likeness (QED) is 0.793. The Morgan fingerprint density at radius 1 is 1.43 bits per heavy atom. The second kappa shape index (κ2) is 6.02. The van der Waals surface area contributed by atoms with Crippen LogP contribution in [-0.4, -0.2) is 31.9 Å². The van der Waals surface area contributed by atoms with Crippen molar-refractivity contribution in [3.63, 3.8) is 0 Å². The fraction of sp³-hybridized carbons (Fsp3) is 0.500. The summed E-state index contributed by atoms with van der Waals surface area (Å²) >= 11 is 0. The Kier molecular flexibility index (Phi) is 4.59. The Morgan fingerprint density at radius 2 is 2.04 bits per heavy atom. The van der Waals surface area contributed by atoms with Gasteiger partial charge in [0.1, 0.15) is 5.54 Å². The molecule has 1 aliphatic rings. The van der Waals surface area contributed by atoms with Crippen LogP contribution in [0, 0.1) is 23.1 Å². The van der Waals surface area contributed by atoms with E-state index in [1.807, 2.05) is 6.07 Å². The zero-order valence-electron chi connectivity index (χ0n) is 12.5. The molecule has 0 heterocycles. The van der Waals surface area contributed by atoms with E-state index in [-0.39, 0.29) is 5.92 Å². The first-order valence-electron chi connectivity index (χ1n) is 6.77. The second-order valence-electron chi connectivity index (χ2n) is 5.48. The lowest BCUT2D eigenvalue weighted by Gasteiger charge is -2.32. The number of alkyl halides is 2. The van der Waals surface area contributed by atoms with Gasteiger partial charge in [0.05, 0.1) is 11.0 Å². The molecule has 9 heteroatoms. The Morgan fingerprint density at radius 3 is 2.48 bits per heavy atom. The van der Waals surface area contributed by atoms with Gasteiger partial charge >= 0.3 is 6.61 Å². The molecule has 2 rings (SSSR count). The molecule has 1 atom stereocenters. The summed E-state index contributed by atoms with van der Waals surface area (Å²) in [5.74, 6) is -2.05. The molecule has 5 nitrogen and oxygen atoms in total. The van der Waals surface area contributed by atoms with Crippen LogP contribution in [0.1, 0.15) is 19.8 Å². The van der Waals surface area contributed by atoms with E-state index < -0.39 is 38.6 Å². The summed E-state index contributed by atoms with van der Waals surface area (Å²) in [5, 5.41) is 9.34. The molecular formula is C14H15F3N2O3S. The summed E-state index contributed by atoms with van der Waals surface area (Å²) in [7, 11) is -2.91. The Hall–Kier alpha value is -1.79. The van der Waals surface area contributed by atoms with Gasteiger partial charge in [-0.05, 0) is 43.9 Å². The molecule has 0 radical (unpaired) electrons. The van der Waals surface area contributed by atoms with E-state index in [4.69, 9.17) is 0 Å². The highest BCUT2D eigenvalue weighted by atomic mass is 32.2. The highest BCUT2D eigenvalue weighted by Crippen LogP contribution is 2.44. The van der Waals surface area contributed by atoms with Gasteiger partial charge in [0.25, 0.3) is 0 Å². The van der Waals surface area contributed by atoms with Crippen molar-refractivity contribution >= 4 is 10.0 Å². The molecule has 1 fully saturated rings. The van der Waals surface area contributed by atoms with Gasteiger partial charge in [-0.25, -0.2) is 12.8 Å². The first-order valence-corrected chi connectivity index (χ1v) is 8.21. The zero-order valence-corrected chi connectivity index (χ0v) is 13.3. The number of nitriles is 1. The lowest BCUT2D eigenvalue weighted by atomic mass is 9.99. The number of hydrogen-bond donors (Lipinski definition) is 0. The maximum absolute atomic E-state index is 13.7. The summed E-state index contributed by atoms with van der Waals surface area (Å²) in [5.41, 5.74) is -1.24. The topological polar surface area (TPSA) is 70.4 Å². The third kappa shape index (κ3) is 3.28. The fourth-order valence-corrected chi connectivity index (χ4v) is 3.80. The van der Waals surface area contributed by atoms with Gasteiger partial charge in [0, 0.05) is 7.05 Å². The van der Waals surface area contributed by atoms with Crippen molar-refractivity contribution in [1.29, 1.82) is 5.26 Å². The smallest absolute Gasteiger partial charge is 0.387 e. The van der Waals surface area contributed by atoms with E-state index in [9.17, 15) is 26.9 Å². The van der Waals surface area contributed by atoms with Crippen molar-refractivity contribution in [2.45, 2.75) is 36.8 Å². The van der Waals surface area contributed by atoms with Crippen LogP contribution in [0.3, 0.4) is 0 Å². The largest absolute Gasteiger partial charge is 0.432 e. The van der Waals surface area contributed by atoms with Crippen LogP contribution in [0.5, 0.6) is 5.75 Å². The van der Waals surface area contributed by atoms with E-state index in [0.29, 0.717) is 6.07 Å². The van der Waals surface area contributed by atoms with Gasteiger partial charge in [-0.1, -0.05) is 0 Å². The average Bonchev–Trinajstić information content (AvgIpc) is 3.32. The molecule has 1 aromatic carbocycles. The molecule has 1 saturated carbocycles. The van der Waals surface area contributed by atoms with Crippen LogP contribution in [0.4, 0.5) is 13.2 Å². The number of sulfonamides is 1. The molecule has 0 amide bonds. The molecule has 1 aliphatic carbocycles. The van der Waals surface area contributed by atoms with Crippen molar-refractivity contribution in [2.75, 3.05) is 7.05 Å². The number of hydrogen-bond acceptors (Lipinski definition) is 4. The Bertz CT molecular complexity index is 744. The SMILES string of the molecule is CN([C@](C)(C#N)C1CC1)S(=O)(=O)c1ccc(OC(F)F)c(F)c1. The number of halogens is 3. The van der Waals surface area contributed by atoms with Crippen molar-refractivity contribution in [3.05, 3.63) is 24.0 Å². The highest BCUT2D eigenvalue weighted by Gasteiger charge is 2.49. The Labute approximate surface area is 132 Å². The van der Waals surface area contributed by atoms with Crippen molar-refractivity contribution in [2.24, 2.45) is 5.92 Å². The summed E-state index contributed by atoms with van der Waals surface area (Å²) in [6.45, 7) is -1.71. The minimum atomic E-state index is -4.15. The van der Waals surface area contributed by atoms with Crippen LogP contribution in [0.25, 0.3) is 0 Å². The highest BCUT2D eigenvalue weighted by molar-refractivity contribution is 7.89. The summed E-state index contributed by atoms with van der Waals surface area (Å²) in [6, 6.07) is 4.39. The fourth-order valence-electron chi connectivity index (χ4n) is 2.31. The van der Waals surface area contributed by atoms with Gasteiger partial charge in [0.15, 0.2) is 11.6 Å². The van der Waals surface area contributed by atoms with E-state index in [2.05, 4.69) is 4.74 Å². The van der Waals surface area contributed by atoms with Gasteiger partial charge in [0.2, 0.25) is 10.0 Å². The van der Waals surface area contributed by atoms with Crippen LogP contribution in [0.15, 0.2) is 23.1 Å². The van der Waals surface area contributed by atoms with Gasteiger partial charge in [-0.2, -0.15) is 18.3 Å². The standard InChI is InChI=1S/C14H15F3N2O3S/c1-14(8-18,9-3-4-9)19(2)23(20,21)10-5-6-12(11(15)7-10)22-13(16)17/h5-7,9,13H,3-4H2,1-2H3/t14-/m1/s1. The molecule has 0 N–H and O–H groups in total. The monoisotopic (exact) mass is 348 g/mol.